The second-order valence-corrected chi connectivity index (χ2v) is 4.82. The first-order valence-corrected chi connectivity index (χ1v) is 6.62. The molecule has 1 amide bonds. The second-order valence-electron chi connectivity index (χ2n) is 4.82. The average molecular weight is 280 g/mol. The highest BCUT2D eigenvalue weighted by Gasteiger charge is 2.27. The highest BCUT2D eigenvalue weighted by molar-refractivity contribution is 5.98. The lowest BCUT2D eigenvalue weighted by Gasteiger charge is -2.30. The van der Waals surface area contributed by atoms with Crippen LogP contribution in [0.4, 0.5) is 0 Å². The molecule has 0 aliphatic carbocycles. The Kier molecular flexibility index (Phi) is 4.73. The Hall–Kier alpha value is -1.89. The molecule has 2 unspecified atom stereocenters. The molecule has 0 radical (unpaired) electrons. The predicted octanol–water partition coefficient (Wildman–Crippen LogP) is 0.222. The van der Waals surface area contributed by atoms with Gasteiger partial charge in [-0.05, 0) is 25.4 Å². The summed E-state index contributed by atoms with van der Waals surface area (Å²) in [7, 11) is 2.93. The first kappa shape index (κ1) is 14.5. The van der Waals surface area contributed by atoms with E-state index in [1.165, 1.54) is 20.5 Å². The molecule has 7 nitrogen and oxygen atoms in total. The van der Waals surface area contributed by atoms with Crippen LogP contribution in [0.25, 0.3) is 0 Å². The number of piperidine rings is 1. The third-order valence-corrected chi connectivity index (χ3v) is 3.49. The van der Waals surface area contributed by atoms with Crippen LogP contribution in [-0.4, -0.2) is 49.2 Å². The zero-order chi connectivity index (χ0) is 14.5. The Morgan fingerprint density at radius 2 is 2.00 bits per heavy atom. The van der Waals surface area contributed by atoms with Crippen LogP contribution in [0.1, 0.15) is 23.7 Å². The van der Waals surface area contributed by atoms with Crippen LogP contribution in [0.2, 0.25) is 0 Å². The van der Waals surface area contributed by atoms with Crippen molar-refractivity contribution >= 4 is 5.91 Å². The minimum atomic E-state index is -0.266. The van der Waals surface area contributed by atoms with E-state index in [0.717, 1.165) is 19.5 Å². The molecule has 2 rings (SSSR count). The van der Waals surface area contributed by atoms with Gasteiger partial charge in [-0.15, -0.1) is 0 Å². The van der Waals surface area contributed by atoms with Gasteiger partial charge in [-0.3, -0.25) is 4.79 Å². The maximum absolute atomic E-state index is 12.4. The van der Waals surface area contributed by atoms with E-state index in [1.54, 1.807) is 0 Å². The van der Waals surface area contributed by atoms with Gasteiger partial charge in [0.2, 0.25) is 11.8 Å². The zero-order valence-electron chi connectivity index (χ0n) is 12.0. The fraction of sp³-hybridized carbons (Fsp3) is 0.615. The van der Waals surface area contributed by atoms with Crippen molar-refractivity contribution < 1.29 is 14.3 Å². The van der Waals surface area contributed by atoms with Crippen LogP contribution in [0.5, 0.6) is 11.8 Å². The normalized spacial score (nSPS) is 22.1. The van der Waals surface area contributed by atoms with Crippen molar-refractivity contribution in [2.75, 3.05) is 27.3 Å². The summed E-state index contributed by atoms with van der Waals surface area (Å²) < 4.78 is 10.2. The number of ether oxygens (including phenoxy) is 2. The summed E-state index contributed by atoms with van der Waals surface area (Å²) in [6.07, 6.45) is 2.20. The van der Waals surface area contributed by atoms with Crippen molar-refractivity contribution in [3.05, 3.63) is 11.9 Å². The van der Waals surface area contributed by atoms with Gasteiger partial charge in [-0.1, -0.05) is 6.92 Å². The number of carbonyl (C=O) groups is 1. The summed E-state index contributed by atoms with van der Waals surface area (Å²) in [5, 5.41) is 6.31. The molecule has 2 atom stereocenters. The number of rotatable bonds is 4. The largest absolute Gasteiger partial charge is 0.480 e. The predicted molar refractivity (Wildman–Crippen MR) is 73.0 cm³/mol. The molecule has 0 saturated carbocycles. The van der Waals surface area contributed by atoms with Gasteiger partial charge in [0, 0.05) is 6.04 Å². The van der Waals surface area contributed by atoms with Gasteiger partial charge < -0.3 is 20.1 Å². The molecule has 1 aliphatic heterocycles. The Balaban J connectivity index is 2.20. The molecule has 7 heteroatoms. The summed E-state index contributed by atoms with van der Waals surface area (Å²) in [6.45, 7) is 3.90. The number of amides is 1. The van der Waals surface area contributed by atoms with Crippen molar-refractivity contribution in [3.8, 4) is 11.8 Å². The van der Waals surface area contributed by atoms with Crippen molar-refractivity contribution in [1.82, 2.24) is 20.6 Å². The van der Waals surface area contributed by atoms with Crippen molar-refractivity contribution in [2.45, 2.75) is 19.4 Å². The Bertz CT molecular complexity index is 458. The van der Waals surface area contributed by atoms with E-state index in [0.29, 0.717) is 5.92 Å². The van der Waals surface area contributed by atoms with Crippen LogP contribution in [0.3, 0.4) is 0 Å². The highest BCUT2D eigenvalue weighted by atomic mass is 16.5. The van der Waals surface area contributed by atoms with Crippen LogP contribution in [0.15, 0.2) is 6.33 Å². The van der Waals surface area contributed by atoms with Gasteiger partial charge in [0.1, 0.15) is 6.33 Å². The summed E-state index contributed by atoms with van der Waals surface area (Å²) >= 11 is 0. The number of nitrogens with one attached hydrogen (secondary N) is 2. The number of methoxy groups -OCH3 is 2. The monoisotopic (exact) mass is 280 g/mol. The molecule has 1 fully saturated rings. The van der Waals surface area contributed by atoms with Gasteiger partial charge >= 0.3 is 0 Å². The van der Waals surface area contributed by atoms with E-state index in [4.69, 9.17) is 9.47 Å². The zero-order valence-corrected chi connectivity index (χ0v) is 12.0. The van der Waals surface area contributed by atoms with Gasteiger partial charge in [0.15, 0.2) is 5.56 Å². The van der Waals surface area contributed by atoms with Crippen molar-refractivity contribution in [2.24, 2.45) is 5.92 Å². The number of carbonyl (C=O) groups excluding carboxylic acids is 1. The summed E-state index contributed by atoms with van der Waals surface area (Å²) in [6, 6.07) is 0.123. The van der Waals surface area contributed by atoms with E-state index in [-0.39, 0.29) is 29.3 Å². The second kappa shape index (κ2) is 6.51. The molecule has 2 N–H and O–H groups in total. The lowest BCUT2D eigenvalue weighted by Crippen LogP contribution is -2.48. The first-order chi connectivity index (χ1) is 9.67. The van der Waals surface area contributed by atoms with Crippen molar-refractivity contribution in [1.29, 1.82) is 0 Å². The third kappa shape index (κ3) is 2.98. The molecular formula is C13H20N4O3. The lowest BCUT2D eigenvalue weighted by molar-refractivity contribution is 0.0906. The molecule has 0 bridgehead atoms. The van der Waals surface area contributed by atoms with Gasteiger partial charge in [-0.25, -0.2) is 9.97 Å². The number of hydrogen-bond acceptors (Lipinski definition) is 6. The molecule has 1 saturated heterocycles. The molecule has 0 spiro atoms. The lowest BCUT2D eigenvalue weighted by atomic mass is 9.95. The molecule has 1 aliphatic rings. The third-order valence-electron chi connectivity index (χ3n) is 3.49. The van der Waals surface area contributed by atoms with Crippen molar-refractivity contribution in [3.63, 3.8) is 0 Å². The van der Waals surface area contributed by atoms with Gasteiger partial charge in [0.25, 0.3) is 5.91 Å². The minimum absolute atomic E-state index is 0.123. The topological polar surface area (TPSA) is 85.4 Å². The molecule has 2 heterocycles. The number of nitrogens with zero attached hydrogens (tertiary/aromatic N) is 2. The maximum atomic E-state index is 12.4. The van der Waals surface area contributed by atoms with E-state index < -0.39 is 0 Å². The molecule has 1 aromatic rings. The Morgan fingerprint density at radius 3 is 2.55 bits per heavy atom. The van der Waals surface area contributed by atoms with E-state index in [2.05, 4.69) is 27.5 Å². The van der Waals surface area contributed by atoms with Crippen LogP contribution < -0.4 is 20.1 Å². The molecule has 1 aromatic heterocycles. The molecular weight excluding hydrogens is 260 g/mol. The average Bonchev–Trinajstić information content (AvgIpc) is 2.48. The fourth-order valence-electron chi connectivity index (χ4n) is 2.33. The van der Waals surface area contributed by atoms with Crippen LogP contribution in [0, 0.1) is 5.92 Å². The summed E-state index contributed by atoms with van der Waals surface area (Å²) in [5.74, 6) is 0.541. The molecule has 0 aromatic carbocycles. The fourth-order valence-corrected chi connectivity index (χ4v) is 2.33. The van der Waals surface area contributed by atoms with Crippen LogP contribution >= 0.6 is 0 Å². The van der Waals surface area contributed by atoms with E-state index >= 15 is 0 Å². The van der Waals surface area contributed by atoms with E-state index in [9.17, 15) is 4.79 Å². The number of aromatic nitrogens is 2. The molecule has 20 heavy (non-hydrogen) atoms. The van der Waals surface area contributed by atoms with Gasteiger partial charge in [0.05, 0.1) is 14.2 Å². The minimum Gasteiger partial charge on any atom is -0.480 e. The Labute approximate surface area is 118 Å². The standard InChI is InChI=1S/C13H20N4O3/c1-8-6-14-5-4-9(8)17-11(18)10-12(19-2)15-7-16-13(10)20-3/h7-9,14H,4-6H2,1-3H3,(H,17,18). The van der Waals surface area contributed by atoms with E-state index in [1.807, 2.05) is 0 Å². The SMILES string of the molecule is COc1ncnc(OC)c1C(=O)NC1CCNCC1C. The molecule has 110 valence electrons. The maximum Gasteiger partial charge on any atom is 0.262 e. The summed E-state index contributed by atoms with van der Waals surface area (Å²) in [5.41, 5.74) is 0.239. The highest BCUT2D eigenvalue weighted by Crippen LogP contribution is 2.24. The quantitative estimate of drug-likeness (QED) is 0.821. The Morgan fingerprint density at radius 1 is 1.35 bits per heavy atom. The summed E-state index contributed by atoms with van der Waals surface area (Å²) in [4.78, 5) is 20.4. The van der Waals surface area contributed by atoms with Gasteiger partial charge in [-0.2, -0.15) is 0 Å². The number of hydrogen-bond donors (Lipinski definition) is 2. The smallest absolute Gasteiger partial charge is 0.262 e. The van der Waals surface area contributed by atoms with Crippen LogP contribution in [-0.2, 0) is 0 Å². The first-order valence-electron chi connectivity index (χ1n) is 6.62.